The summed E-state index contributed by atoms with van der Waals surface area (Å²) >= 11 is 6.97. The minimum atomic E-state index is -0.612. The van der Waals surface area contributed by atoms with Crippen molar-refractivity contribution in [3.05, 3.63) is 39.1 Å². The second-order valence-corrected chi connectivity index (χ2v) is 5.43. The molecule has 2 heterocycles. The SMILES string of the molecule is CC(C(=O)c1ccc(Cl)s1)n1cnc(C#N)c1C#N. The molecule has 7 heteroatoms. The van der Waals surface area contributed by atoms with Gasteiger partial charge in [-0.2, -0.15) is 10.5 Å². The Labute approximate surface area is 118 Å². The highest BCUT2D eigenvalue weighted by Gasteiger charge is 2.22. The number of nitrogens with zero attached hydrogens (tertiary/aromatic N) is 4. The fourth-order valence-electron chi connectivity index (χ4n) is 1.63. The third-order valence-corrected chi connectivity index (χ3v) is 3.86. The zero-order valence-electron chi connectivity index (χ0n) is 9.79. The Hall–Kier alpha value is -2.15. The fourth-order valence-corrected chi connectivity index (χ4v) is 2.69. The van der Waals surface area contributed by atoms with E-state index in [4.69, 9.17) is 22.1 Å². The minimum Gasteiger partial charge on any atom is -0.310 e. The molecule has 2 aromatic rings. The molecule has 94 valence electrons. The van der Waals surface area contributed by atoms with Gasteiger partial charge in [0.05, 0.1) is 21.6 Å². The first-order valence-corrected chi connectivity index (χ1v) is 6.44. The van der Waals surface area contributed by atoms with Gasteiger partial charge in [0.1, 0.15) is 12.1 Å². The van der Waals surface area contributed by atoms with Crippen LogP contribution in [0.2, 0.25) is 4.34 Å². The third kappa shape index (κ3) is 2.37. The van der Waals surface area contributed by atoms with Crippen LogP contribution in [-0.2, 0) is 0 Å². The van der Waals surface area contributed by atoms with Gasteiger partial charge in [0, 0.05) is 0 Å². The summed E-state index contributed by atoms with van der Waals surface area (Å²) in [5, 5.41) is 17.9. The quantitative estimate of drug-likeness (QED) is 0.814. The molecule has 0 aliphatic heterocycles. The molecule has 0 bridgehead atoms. The maximum Gasteiger partial charge on any atom is 0.195 e. The number of ketones is 1. The highest BCUT2D eigenvalue weighted by atomic mass is 35.5. The van der Waals surface area contributed by atoms with E-state index in [0.717, 1.165) is 0 Å². The van der Waals surface area contributed by atoms with Crippen LogP contribution in [0.1, 0.15) is 34.0 Å². The Bertz CT molecular complexity index is 719. The number of hydrogen-bond acceptors (Lipinski definition) is 5. The minimum absolute atomic E-state index is 0.0198. The van der Waals surface area contributed by atoms with E-state index in [1.54, 1.807) is 19.1 Å². The third-order valence-electron chi connectivity index (χ3n) is 2.62. The topological polar surface area (TPSA) is 82.5 Å². The summed E-state index contributed by atoms with van der Waals surface area (Å²) < 4.78 is 1.92. The predicted octanol–water partition coefficient (Wildman–Crippen LogP) is 2.79. The average molecular weight is 291 g/mol. The summed E-state index contributed by atoms with van der Waals surface area (Å²) in [7, 11) is 0. The molecule has 2 rings (SSSR count). The van der Waals surface area contributed by atoms with Gasteiger partial charge in [-0.3, -0.25) is 4.79 Å². The van der Waals surface area contributed by atoms with Crippen molar-refractivity contribution in [3.8, 4) is 12.1 Å². The molecule has 5 nitrogen and oxygen atoms in total. The largest absolute Gasteiger partial charge is 0.310 e. The Morgan fingerprint density at radius 1 is 1.47 bits per heavy atom. The lowest BCUT2D eigenvalue weighted by Gasteiger charge is -2.11. The maximum atomic E-state index is 12.2. The maximum absolute atomic E-state index is 12.2. The molecule has 0 radical (unpaired) electrons. The number of carbonyl (C=O) groups excluding carboxylic acids is 1. The second kappa shape index (κ2) is 5.23. The zero-order valence-corrected chi connectivity index (χ0v) is 11.4. The number of nitriles is 2. The van der Waals surface area contributed by atoms with Gasteiger partial charge in [-0.25, -0.2) is 4.98 Å². The highest BCUT2D eigenvalue weighted by Crippen LogP contribution is 2.26. The normalized spacial score (nSPS) is 11.6. The molecule has 1 unspecified atom stereocenters. The molecule has 1 atom stereocenters. The summed E-state index contributed by atoms with van der Waals surface area (Å²) in [5.41, 5.74) is 0.109. The smallest absolute Gasteiger partial charge is 0.195 e. The number of aromatic nitrogens is 2. The summed E-state index contributed by atoms with van der Waals surface area (Å²) in [4.78, 5) is 16.6. The molecule has 0 fully saturated rings. The van der Waals surface area contributed by atoms with Crippen LogP contribution in [-0.4, -0.2) is 15.3 Å². The summed E-state index contributed by atoms with van der Waals surface area (Å²) in [6.45, 7) is 1.65. The first-order chi connectivity index (χ1) is 9.08. The molecule has 19 heavy (non-hydrogen) atoms. The number of imidazole rings is 1. The number of Topliss-reactive ketones (excluding diaryl/α,β-unsaturated/α-hetero) is 1. The lowest BCUT2D eigenvalue weighted by atomic mass is 10.1. The van der Waals surface area contributed by atoms with Gasteiger partial charge in [0.15, 0.2) is 17.2 Å². The van der Waals surface area contributed by atoms with Crippen molar-refractivity contribution in [3.63, 3.8) is 0 Å². The lowest BCUT2D eigenvalue weighted by Crippen LogP contribution is -2.16. The van der Waals surface area contributed by atoms with Crippen molar-refractivity contribution < 1.29 is 4.79 Å². The Kier molecular flexibility index (Phi) is 3.66. The molecule has 0 aliphatic carbocycles. The second-order valence-electron chi connectivity index (χ2n) is 3.72. The van der Waals surface area contributed by atoms with E-state index in [0.29, 0.717) is 9.21 Å². The first kappa shape index (κ1) is 13.3. The molecular weight excluding hydrogens is 284 g/mol. The van der Waals surface area contributed by atoms with Crippen LogP contribution in [0.4, 0.5) is 0 Å². The molecule has 0 N–H and O–H groups in total. The van der Waals surface area contributed by atoms with Crippen molar-refractivity contribution in [1.82, 2.24) is 9.55 Å². The number of thiophene rings is 1. The van der Waals surface area contributed by atoms with Gasteiger partial charge < -0.3 is 4.57 Å². The van der Waals surface area contributed by atoms with Crippen molar-refractivity contribution in [2.45, 2.75) is 13.0 Å². The van der Waals surface area contributed by atoms with Gasteiger partial charge in [-0.15, -0.1) is 11.3 Å². The Morgan fingerprint density at radius 2 is 2.21 bits per heavy atom. The molecule has 0 amide bonds. The van der Waals surface area contributed by atoms with E-state index < -0.39 is 6.04 Å². The van der Waals surface area contributed by atoms with Gasteiger partial charge in [0.25, 0.3) is 0 Å². The Balaban J connectivity index is 2.38. The van der Waals surface area contributed by atoms with Gasteiger partial charge >= 0.3 is 0 Å². The van der Waals surface area contributed by atoms with Crippen molar-refractivity contribution >= 4 is 28.7 Å². The number of hydrogen-bond donors (Lipinski definition) is 0. The van der Waals surface area contributed by atoms with Crippen LogP contribution in [0.25, 0.3) is 0 Å². The number of carbonyl (C=O) groups is 1. The Morgan fingerprint density at radius 3 is 2.74 bits per heavy atom. The van der Waals surface area contributed by atoms with Crippen molar-refractivity contribution in [2.24, 2.45) is 0 Å². The fraction of sp³-hybridized carbons (Fsp3) is 0.167. The van der Waals surface area contributed by atoms with Crippen molar-refractivity contribution in [2.75, 3.05) is 0 Å². The van der Waals surface area contributed by atoms with Crippen LogP contribution in [0.15, 0.2) is 18.5 Å². The molecule has 0 aliphatic rings. The predicted molar refractivity (Wildman–Crippen MR) is 70.0 cm³/mol. The summed E-state index contributed by atoms with van der Waals surface area (Å²) in [6.07, 6.45) is 1.33. The summed E-state index contributed by atoms with van der Waals surface area (Å²) in [6, 6.07) is 6.38. The molecule has 0 saturated carbocycles. The average Bonchev–Trinajstić information content (AvgIpc) is 3.02. The molecule has 0 spiro atoms. The van der Waals surface area contributed by atoms with Crippen LogP contribution in [0.3, 0.4) is 0 Å². The standard InChI is InChI=1S/C12H7ClN4OS/c1-7(12(18)10-2-3-11(13)19-10)17-6-16-8(4-14)9(17)5-15/h2-3,6-7H,1H3. The van der Waals surface area contributed by atoms with Crippen molar-refractivity contribution in [1.29, 1.82) is 10.5 Å². The van der Waals surface area contributed by atoms with E-state index in [1.165, 1.54) is 22.2 Å². The van der Waals surface area contributed by atoms with E-state index in [2.05, 4.69) is 4.98 Å². The monoisotopic (exact) mass is 290 g/mol. The van der Waals surface area contributed by atoms with Crippen LogP contribution >= 0.6 is 22.9 Å². The zero-order chi connectivity index (χ0) is 14.0. The number of rotatable bonds is 3. The van der Waals surface area contributed by atoms with E-state index >= 15 is 0 Å². The molecule has 2 aromatic heterocycles. The molecule has 0 aromatic carbocycles. The first-order valence-electron chi connectivity index (χ1n) is 5.25. The van der Waals surface area contributed by atoms with E-state index in [-0.39, 0.29) is 17.2 Å². The highest BCUT2D eigenvalue weighted by molar-refractivity contribution is 7.18. The number of halogens is 1. The van der Waals surface area contributed by atoms with Gasteiger partial charge in [-0.1, -0.05) is 11.6 Å². The lowest BCUT2D eigenvalue weighted by molar-refractivity contribution is 0.0938. The van der Waals surface area contributed by atoms with Gasteiger partial charge in [-0.05, 0) is 19.1 Å². The van der Waals surface area contributed by atoms with Crippen LogP contribution < -0.4 is 0 Å². The molecule has 0 saturated heterocycles. The van der Waals surface area contributed by atoms with E-state index in [1.807, 2.05) is 12.1 Å². The summed E-state index contributed by atoms with van der Waals surface area (Å²) in [5.74, 6) is -0.171. The van der Waals surface area contributed by atoms with Gasteiger partial charge in [0.2, 0.25) is 0 Å². The van der Waals surface area contributed by atoms with E-state index in [9.17, 15) is 4.79 Å². The van der Waals surface area contributed by atoms with Crippen LogP contribution in [0.5, 0.6) is 0 Å². The molecular formula is C12H7ClN4OS. The van der Waals surface area contributed by atoms with Crippen LogP contribution in [0, 0.1) is 22.7 Å².